The minimum Gasteiger partial charge on any atom is -0.451 e. The van der Waals surface area contributed by atoms with E-state index in [1.54, 1.807) is 6.92 Å². The van der Waals surface area contributed by atoms with Gasteiger partial charge in [-0.2, -0.15) is 0 Å². The fourth-order valence-electron chi connectivity index (χ4n) is 1.27. The van der Waals surface area contributed by atoms with Crippen molar-refractivity contribution in [2.75, 3.05) is 0 Å². The molecule has 1 saturated carbocycles. The lowest BCUT2D eigenvalue weighted by Crippen LogP contribution is -2.02. The first kappa shape index (κ1) is 10.7. The van der Waals surface area contributed by atoms with E-state index >= 15 is 0 Å². The molecule has 4 nitrogen and oxygen atoms in total. The lowest BCUT2D eigenvalue weighted by Gasteiger charge is -1.99. The monoisotopic (exact) mass is 219 g/mol. The molecule has 0 aliphatic heterocycles. The lowest BCUT2D eigenvalue weighted by molar-refractivity contribution is -0.137. The highest BCUT2D eigenvalue weighted by Crippen LogP contribution is 2.27. The molecule has 0 spiro atoms. The summed E-state index contributed by atoms with van der Waals surface area (Å²) in [7, 11) is 0. The number of nitrogens with zero attached hydrogens (tertiary/aromatic N) is 1. The highest BCUT2D eigenvalue weighted by molar-refractivity contribution is 5.88. The van der Waals surface area contributed by atoms with E-state index in [1.165, 1.54) is 0 Å². The normalized spacial score (nSPS) is 14.1. The Kier molecular flexibility index (Phi) is 2.95. The van der Waals surface area contributed by atoms with Crippen LogP contribution in [0.5, 0.6) is 0 Å². The number of hydrogen-bond acceptors (Lipinski definition) is 4. The standard InChI is InChI=1S/C12H13NO3/c1-8-11(9(2)16-13-8)7-15-12(14)6-5-10-3-4-10/h10H,3-4,7H2,1-2H3. The summed E-state index contributed by atoms with van der Waals surface area (Å²) in [6, 6.07) is 0. The zero-order valence-electron chi connectivity index (χ0n) is 9.37. The first-order valence-electron chi connectivity index (χ1n) is 5.27. The van der Waals surface area contributed by atoms with Crippen LogP contribution in [0.2, 0.25) is 0 Å². The van der Waals surface area contributed by atoms with Crippen molar-refractivity contribution in [2.45, 2.75) is 33.3 Å². The fraction of sp³-hybridized carbons (Fsp3) is 0.500. The van der Waals surface area contributed by atoms with E-state index in [0.717, 1.165) is 24.1 Å². The molecule has 84 valence electrons. The third kappa shape index (κ3) is 2.63. The number of esters is 1. The van der Waals surface area contributed by atoms with Gasteiger partial charge in [-0.25, -0.2) is 4.79 Å². The summed E-state index contributed by atoms with van der Waals surface area (Å²) in [6.07, 6.45) is 2.20. The summed E-state index contributed by atoms with van der Waals surface area (Å²) in [5, 5.41) is 3.78. The largest absolute Gasteiger partial charge is 0.451 e. The molecule has 2 rings (SSSR count). The summed E-state index contributed by atoms with van der Waals surface area (Å²) in [6.45, 7) is 3.79. The first-order chi connectivity index (χ1) is 7.66. The van der Waals surface area contributed by atoms with Crippen LogP contribution in [0.4, 0.5) is 0 Å². The predicted molar refractivity (Wildman–Crippen MR) is 56.3 cm³/mol. The van der Waals surface area contributed by atoms with Crippen LogP contribution in [-0.4, -0.2) is 11.1 Å². The van der Waals surface area contributed by atoms with Gasteiger partial charge in [0.25, 0.3) is 0 Å². The predicted octanol–water partition coefficient (Wildman–Crippen LogP) is 1.75. The molecule has 0 N–H and O–H groups in total. The van der Waals surface area contributed by atoms with Gasteiger partial charge in [0.05, 0.1) is 11.3 Å². The van der Waals surface area contributed by atoms with Gasteiger partial charge >= 0.3 is 5.97 Å². The molecular formula is C12H13NO3. The van der Waals surface area contributed by atoms with Crippen molar-refractivity contribution in [3.63, 3.8) is 0 Å². The molecule has 0 aromatic carbocycles. The van der Waals surface area contributed by atoms with Gasteiger partial charge < -0.3 is 9.26 Å². The summed E-state index contributed by atoms with van der Waals surface area (Å²) >= 11 is 0. The van der Waals surface area contributed by atoms with E-state index in [-0.39, 0.29) is 6.61 Å². The van der Waals surface area contributed by atoms with E-state index in [1.807, 2.05) is 6.92 Å². The quantitative estimate of drug-likeness (QED) is 0.432. The second kappa shape index (κ2) is 4.40. The van der Waals surface area contributed by atoms with Crippen LogP contribution >= 0.6 is 0 Å². The maximum absolute atomic E-state index is 11.2. The molecule has 16 heavy (non-hydrogen) atoms. The van der Waals surface area contributed by atoms with Crippen LogP contribution in [-0.2, 0) is 16.1 Å². The van der Waals surface area contributed by atoms with Crippen LogP contribution in [0, 0.1) is 31.6 Å². The minimum absolute atomic E-state index is 0.180. The Labute approximate surface area is 93.9 Å². The van der Waals surface area contributed by atoms with Crippen molar-refractivity contribution < 1.29 is 14.1 Å². The average molecular weight is 219 g/mol. The highest BCUT2D eigenvalue weighted by Gasteiger charge is 2.18. The van der Waals surface area contributed by atoms with Crippen molar-refractivity contribution in [1.29, 1.82) is 0 Å². The van der Waals surface area contributed by atoms with Gasteiger partial charge in [0.15, 0.2) is 0 Å². The minimum atomic E-state index is -0.480. The van der Waals surface area contributed by atoms with E-state index in [0.29, 0.717) is 11.7 Å². The molecule has 1 heterocycles. The third-order valence-corrected chi connectivity index (χ3v) is 2.48. The van der Waals surface area contributed by atoms with Gasteiger partial charge in [-0.15, -0.1) is 0 Å². The molecule has 1 fully saturated rings. The molecule has 1 aliphatic carbocycles. The summed E-state index contributed by atoms with van der Waals surface area (Å²) in [5.74, 6) is 5.95. The summed E-state index contributed by atoms with van der Waals surface area (Å²) in [5.41, 5.74) is 1.57. The van der Waals surface area contributed by atoms with Gasteiger partial charge in [-0.3, -0.25) is 0 Å². The zero-order chi connectivity index (χ0) is 11.5. The Hall–Kier alpha value is -1.76. The highest BCUT2D eigenvalue weighted by atomic mass is 16.5. The van der Waals surface area contributed by atoms with Gasteiger partial charge in [-0.05, 0) is 26.7 Å². The number of rotatable bonds is 2. The molecule has 0 saturated heterocycles. The Bertz CT molecular complexity index is 441. The number of ether oxygens (including phenoxy) is 1. The summed E-state index contributed by atoms with van der Waals surface area (Å²) in [4.78, 5) is 11.2. The Morgan fingerprint density at radius 2 is 2.31 bits per heavy atom. The number of carbonyl (C=O) groups is 1. The van der Waals surface area contributed by atoms with Crippen LogP contribution in [0.15, 0.2) is 4.52 Å². The number of aromatic nitrogens is 1. The Balaban J connectivity index is 1.87. The average Bonchev–Trinajstić information content (AvgIpc) is 3.02. The van der Waals surface area contributed by atoms with Crippen LogP contribution in [0.3, 0.4) is 0 Å². The second-order valence-corrected chi connectivity index (χ2v) is 3.92. The molecule has 1 aromatic rings. The molecular weight excluding hydrogens is 206 g/mol. The maximum atomic E-state index is 11.2. The van der Waals surface area contributed by atoms with Gasteiger partial charge in [0.1, 0.15) is 12.4 Å². The van der Waals surface area contributed by atoms with Crippen molar-refractivity contribution in [3.8, 4) is 11.8 Å². The molecule has 4 heteroatoms. The third-order valence-electron chi connectivity index (χ3n) is 2.48. The Morgan fingerprint density at radius 3 is 2.88 bits per heavy atom. The molecule has 1 aliphatic rings. The van der Waals surface area contributed by atoms with Gasteiger partial charge in [0, 0.05) is 11.8 Å². The number of hydrogen-bond donors (Lipinski definition) is 0. The second-order valence-electron chi connectivity index (χ2n) is 3.92. The number of aryl methyl sites for hydroxylation is 2. The van der Waals surface area contributed by atoms with Gasteiger partial charge in [0.2, 0.25) is 0 Å². The van der Waals surface area contributed by atoms with Crippen molar-refractivity contribution in [1.82, 2.24) is 5.16 Å². The van der Waals surface area contributed by atoms with E-state index in [2.05, 4.69) is 17.0 Å². The smallest absolute Gasteiger partial charge is 0.384 e. The summed E-state index contributed by atoms with van der Waals surface area (Å²) < 4.78 is 9.97. The van der Waals surface area contributed by atoms with Crippen molar-refractivity contribution in [2.24, 2.45) is 5.92 Å². The molecule has 0 amide bonds. The van der Waals surface area contributed by atoms with Crippen molar-refractivity contribution >= 4 is 5.97 Å². The van der Waals surface area contributed by atoms with E-state index < -0.39 is 5.97 Å². The van der Waals surface area contributed by atoms with Gasteiger partial charge in [-0.1, -0.05) is 11.1 Å². The first-order valence-corrected chi connectivity index (χ1v) is 5.27. The van der Waals surface area contributed by atoms with E-state index in [9.17, 15) is 4.79 Å². The molecule has 0 radical (unpaired) electrons. The molecule has 0 atom stereocenters. The van der Waals surface area contributed by atoms with Crippen LogP contribution in [0.1, 0.15) is 29.9 Å². The molecule has 1 aromatic heterocycles. The zero-order valence-corrected chi connectivity index (χ0v) is 9.37. The SMILES string of the molecule is Cc1noc(C)c1COC(=O)C#CC1CC1. The fourth-order valence-corrected chi connectivity index (χ4v) is 1.27. The van der Waals surface area contributed by atoms with E-state index in [4.69, 9.17) is 9.26 Å². The maximum Gasteiger partial charge on any atom is 0.384 e. The van der Waals surface area contributed by atoms with Crippen LogP contribution < -0.4 is 0 Å². The van der Waals surface area contributed by atoms with Crippen LogP contribution in [0.25, 0.3) is 0 Å². The molecule has 0 bridgehead atoms. The number of carbonyl (C=O) groups excluding carboxylic acids is 1. The Morgan fingerprint density at radius 1 is 1.56 bits per heavy atom. The lowest BCUT2D eigenvalue weighted by atomic mass is 10.2. The van der Waals surface area contributed by atoms with Crippen molar-refractivity contribution in [3.05, 3.63) is 17.0 Å². The molecule has 0 unspecified atom stereocenters. The topological polar surface area (TPSA) is 52.3 Å².